The average Bonchev–Trinajstić information content (AvgIpc) is 3.31. The van der Waals surface area contributed by atoms with Crippen molar-refractivity contribution in [2.24, 2.45) is 0 Å². The molecule has 3 aromatic rings. The molecule has 0 radical (unpaired) electrons. The van der Waals surface area contributed by atoms with Crippen LogP contribution in [0, 0.1) is 12.5 Å². The maximum Gasteiger partial charge on any atom is 2.00 e. The van der Waals surface area contributed by atoms with Gasteiger partial charge in [0.15, 0.2) is 0 Å². The molecule has 0 atom stereocenters. The van der Waals surface area contributed by atoms with Gasteiger partial charge in [-0.15, -0.1) is 46.2 Å². The van der Waals surface area contributed by atoms with E-state index in [0.29, 0.717) is 0 Å². The van der Waals surface area contributed by atoms with Crippen LogP contribution in [0.5, 0.6) is 0 Å². The Hall–Kier alpha value is -0.747. The predicted molar refractivity (Wildman–Crippen MR) is 132 cm³/mol. The molecule has 3 aromatic carbocycles. The molecule has 0 N–H and O–H groups in total. The fraction of sp³-hybridized carbons (Fsp3) is 0.379. The maximum absolute atomic E-state index is 2.99. The summed E-state index contributed by atoms with van der Waals surface area (Å²) in [6.07, 6.45) is 12.0. The summed E-state index contributed by atoms with van der Waals surface area (Å²) < 4.78 is 0. The zero-order valence-corrected chi connectivity index (χ0v) is 24.8. The summed E-state index contributed by atoms with van der Waals surface area (Å²) in [7, 11) is 0. The molecule has 0 spiro atoms. The molecular formula is C29H37Cl2Zr-3. The zero-order valence-electron chi connectivity index (χ0n) is 20.8. The first kappa shape index (κ1) is 33.4. The summed E-state index contributed by atoms with van der Waals surface area (Å²) in [5.41, 5.74) is 3.21. The van der Waals surface area contributed by atoms with E-state index in [9.17, 15) is 0 Å². The Morgan fingerprint density at radius 1 is 0.781 bits per heavy atom. The second-order valence-corrected chi connectivity index (χ2v) is 9.83. The summed E-state index contributed by atoms with van der Waals surface area (Å²) in [6.45, 7) is 17.6. The molecule has 0 amide bonds. The summed E-state index contributed by atoms with van der Waals surface area (Å²) in [6, 6.07) is 16.2. The molecule has 3 heteroatoms. The van der Waals surface area contributed by atoms with Crippen molar-refractivity contribution >= 4 is 21.5 Å². The van der Waals surface area contributed by atoms with Crippen molar-refractivity contribution in [3.8, 4) is 0 Å². The van der Waals surface area contributed by atoms with Gasteiger partial charge in [-0.2, -0.15) is 19.9 Å². The summed E-state index contributed by atoms with van der Waals surface area (Å²) in [5, 5.41) is 5.48. The Bertz CT molecular complexity index is 917. The smallest absolute Gasteiger partial charge is 1.00 e. The van der Waals surface area contributed by atoms with Crippen LogP contribution in [0.25, 0.3) is 21.5 Å². The normalized spacial score (nSPS) is 12.0. The molecule has 32 heavy (non-hydrogen) atoms. The molecule has 0 nitrogen and oxygen atoms in total. The Morgan fingerprint density at radius 2 is 1.19 bits per heavy atom. The standard InChI is InChI=1S/C21H25.C5H5.C3H7.2ClH.Zr/c1-20(2,3)16-7-9-18-14(12-16)11-15-13-17(21(4,5)6)8-10-19(15)18;1-2-4-5-3-1;1-3-2;;;/h7-13H,1-6H3;1-3H,4H2;3H,1-2H3;2*1H;/q3*-1;;;+2/p-2. The van der Waals surface area contributed by atoms with E-state index in [-0.39, 0.29) is 61.8 Å². The molecule has 0 aliphatic heterocycles. The van der Waals surface area contributed by atoms with Gasteiger partial charge in [0.2, 0.25) is 0 Å². The van der Waals surface area contributed by atoms with E-state index in [1.807, 2.05) is 32.4 Å². The number of rotatable bonds is 0. The number of hydrogen-bond acceptors (Lipinski definition) is 0. The van der Waals surface area contributed by atoms with Gasteiger partial charge in [0.25, 0.3) is 0 Å². The van der Waals surface area contributed by atoms with Crippen molar-refractivity contribution in [3.63, 3.8) is 0 Å². The van der Waals surface area contributed by atoms with Gasteiger partial charge in [-0.3, -0.25) is 6.08 Å². The molecule has 0 aromatic heterocycles. The SMILES string of the molecule is CC(C)(C)c1ccc2c(c1)[cH-]c1cc(C(C)(C)C)ccc12.C[CH-]C.[C-]1=CC=CC1.[Cl-].[Cl-].[Zr+2]. The number of hydrogen-bond donors (Lipinski definition) is 0. The Kier molecular flexibility index (Phi) is 15.1. The van der Waals surface area contributed by atoms with Gasteiger partial charge >= 0.3 is 26.2 Å². The summed E-state index contributed by atoms with van der Waals surface area (Å²) in [5.74, 6) is 0. The zero-order chi connectivity index (χ0) is 21.7. The van der Waals surface area contributed by atoms with Crippen LogP contribution in [0.3, 0.4) is 0 Å². The van der Waals surface area contributed by atoms with Gasteiger partial charge in [0, 0.05) is 0 Å². The number of halogens is 2. The van der Waals surface area contributed by atoms with E-state index >= 15 is 0 Å². The van der Waals surface area contributed by atoms with E-state index in [2.05, 4.69) is 96.2 Å². The second kappa shape index (κ2) is 14.5. The minimum Gasteiger partial charge on any atom is -1.00 e. The number of benzene rings is 2. The molecule has 0 saturated carbocycles. The van der Waals surface area contributed by atoms with Crippen molar-refractivity contribution < 1.29 is 51.0 Å². The van der Waals surface area contributed by atoms with Crippen LogP contribution in [-0.2, 0) is 37.0 Å². The van der Waals surface area contributed by atoms with Gasteiger partial charge in [-0.25, -0.2) is 12.2 Å². The first-order valence-corrected chi connectivity index (χ1v) is 10.7. The van der Waals surface area contributed by atoms with Crippen molar-refractivity contribution in [1.82, 2.24) is 0 Å². The Labute approximate surface area is 228 Å². The van der Waals surface area contributed by atoms with E-state index in [1.54, 1.807) is 0 Å². The molecule has 0 saturated heterocycles. The quantitative estimate of drug-likeness (QED) is 0.380. The molecular weight excluding hydrogens is 510 g/mol. The average molecular weight is 548 g/mol. The van der Waals surface area contributed by atoms with Gasteiger partial charge in [0.1, 0.15) is 0 Å². The first-order chi connectivity index (χ1) is 13.6. The fourth-order valence-corrected chi connectivity index (χ4v) is 3.30. The molecule has 4 rings (SSSR count). The topological polar surface area (TPSA) is 0 Å². The molecule has 174 valence electrons. The molecule has 0 bridgehead atoms. The van der Waals surface area contributed by atoms with E-state index < -0.39 is 0 Å². The third-order valence-corrected chi connectivity index (χ3v) is 5.02. The second-order valence-electron chi connectivity index (χ2n) is 9.83. The predicted octanol–water partition coefficient (Wildman–Crippen LogP) is 2.85. The van der Waals surface area contributed by atoms with Crippen molar-refractivity contribution in [2.75, 3.05) is 0 Å². The maximum atomic E-state index is 2.99. The van der Waals surface area contributed by atoms with Crippen molar-refractivity contribution in [3.05, 3.63) is 84.3 Å². The number of allylic oxidation sites excluding steroid dienone is 4. The van der Waals surface area contributed by atoms with Crippen LogP contribution >= 0.6 is 0 Å². The molecule has 1 aliphatic carbocycles. The monoisotopic (exact) mass is 545 g/mol. The van der Waals surface area contributed by atoms with Crippen LogP contribution in [0.4, 0.5) is 0 Å². The summed E-state index contributed by atoms with van der Waals surface area (Å²) in [4.78, 5) is 0. The molecule has 0 unspecified atom stereocenters. The Morgan fingerprint density at radius 3 is 1.44 bits per heavy atom. The van der Waals surface area contributed by atoms with Gasteiger partial charge < -0.3 is 31.2 Å². The fourth-order valence-electron chi connectivity index (χ4n) is 3.30. The molecule has 1 aliphatic rings. The minimum absolute atomic E-state index is 0. The van der Waals surface area contributed by atoms with Crippen LogP contribution < -0.4 is 24.8 Å². The largest absolute Gasteiger partial charge is 2.00 e. The minimum atomic E-state index is 0. The molecule has 0 heterocycles. The number of fused-ring (bicyclic) bond motifs is 3. The molecule has 0 fully saturated rings. The van der Waals surface area contributed by atoms with Gasteiger partial charge in [0.05, 0.1) is 0 Å². The third kappa shape index (κ3) is 9.25. The first-order valence-electron chi connectivity index (χ1n) is 10.7. The van der Waals surface area contributed by atoms with Crippen LogP contribution in [-0.4, -0.2) is 0 Å². The van der Waals surface area contributed by atoms with Crippen molar-refractivity contribution in [1.29, 1.82) is 0 Å². The van der Waals surface area contributed by atoms with Crippen LogP contribution in [0.15, 0.2) is 60.7 Å². The summed E-state index contributed by atoms with van der Waals surface area (Å²) >= 11 is 0. The van der Waals surface area contributed by atoms with Gasteiger partial charge in [-0.1, -0.05) is 76.9 Å². The van der Waals surface area contributed by atoms with E-state index in [1.165, 1.54) is 32.7 Å². The van der Waals surface area contributed by atoms with E-state index in [4.69, 9.17) is 0 Å². The van der Waals surface area contributed by atoms with Crippen molar-refractivity contribution in [2.45, 2.75) is 72.6 Å². The Balaban J connectivity index is 0. The van der Waals surface area contributed by atoms with Crippen LogP contribution in [0.1, 0.15) is 72.9 Å². The van der Waals surface area contributed by atoms with Crippen LogP contribution in [0.2, 0.25) is 0 Å². The van der Waals surface area contributed by atoms with E-state index in [0.717, 1.165) is 6.42 Å². The van der Waals surface area contributed by atoms with Gasteiger partial charge in [-0.05, 0) is 10.8 Å². The third-order valence-electron chi connectivity index (χ3n) is 5.02.